The Balaban J connectivity index is 1.49. The number of fused-ring (bicyclic) bond motifs is 1. The molecule has 0 radical (unpaired) electrons. The molecule has 0 unspecified atom stereocenters. The summed E-state index contributed by atoms with van der Waals surface area (Å²) in [5.74, 6) is -0.358. The Morgan fingerprint density at radius 3 is 2.72 bits per heavy atom. The predicted molar refractivity (Wildman–Crippen MR) is 107 cm³/mol. The molecular formula is C20H26F3N3O2S. The quantitative estimate of drug-likeness (QED) is 0.723. The van der Waals surface area contributed by atoms with Gasteiger partial charge in [0.15, 0.2) is 0 Å². The minimum absolute atomic E-state index is 0.00655. The first-order valence-electron chi connectivity index (χ1n) is 9.90. The third-order valence-electron chi connectivity index (χ3n) is 5.16. The first-order chi connectivity index (χ1) is 13.7. The topological polar surface area (TPSA) is 61.4 Å². The molecule has 1 aromatic rings. The normalized spacial score (nSPS) is 21.2. The van der Waals surface area contributed by atoms with Crippen LogP contribution in [-0.2, 0) is 15.8 Å². The average molecular weight is 430 g/mol. The number of carbonyl (C=O) groups excluding carboxylic acids is 2. The van der Waals surface area contributed by atoms with Crippen LogP contribution < -0.4 is 10.6 Å². The van der Waals surface area contributed by atoms with Gasteiger partial charge >= 0.3 is 6.18 Å². The molecule has 9 heteroatoms. The summed E-state index contributed by atoms with van der Waals surface area (Å²) >= 11 is 1.13. The van der Waals surface area contributed by atoms with Crippen LogP contribution in [0.3, 0.4) is 0 Å². The molecule has 160 valence electrons. The second-order valence-corrected chi connectivity index (χ2v) is 9.02. The average Bonchev–Trinajstić information content (AvgIpc) is 2.66. The third kappa shape index (κ3) is 6.12. The second-order valence-electron chi connectivity index (χ2n) is 7.78. The minimum Gasteiger partial charge on any atom is -0.356 e. The molecule has 0 bridgehead atoms. The van der Waals surface area contributed by atoms with Crippen molar-refractivity contribution in [2.45, 2.75) is 48.9 Å². The van der Waals surface area contributed by atoms with E-state index in [2.05, 4.69) is 22.5 Å². The van der Waals surface area contributed by atoms with E-state index in [-0.39, 0.29) is 18.0 Å². The SMILES string of the molecule is C[C@@H](CNC(=O)C[C@H]1Sc2ccc(C(F)(F)F)cc2NC1=O)CN1CCCCC1. The van der Waals surface area contributed by atoms with E-state index in [9.17, 15) is 22.8 Å². The summed E-state index contributed by atoms with van der Waals surface area (Å²) in [5.41, 5.74) is -0.669. The summed E-state index contributed by atoms with van der Waals surface area (Å²) in [4.78, 5) is 27.5. The number of halogens is 3. The van der Waals surface area contributed by atoms with Crippen molar-refractivity contribution in [1.82, 2.24) is 10.2 Å². The minimum atomic E-state index is -4.47. The van der Waals surface area contributed by atoms with Gasteiger partial charge in [-0.2, -0.15) is 13.2 Å². The van der Waals surface area contributed by atoms with E-state index in [1.165, 1.54) is 25.3 Å². The molecule has 5 nitrogen and oxygen atoms in total. The molecule has 1 saturated heterocycles. The lowest BCUT2D eigenvalue weighted by molar-refractivity contribution is -0.137. The van der Waals surface area contributed by atoms with Gasteiger partial charge in [-0.3, -0.25) is 9.59 Å². The molecular weight excluding hydrogens is 403 g/mol. The monoisotopic (exact) mass is 429 g/mol. The van der Waals surface area contributed by atoms with Crippen molar-refractivity contribution in [1.29, 1.82) is 0 Å². The number of carbonyl (C=O) groups is 2. The van der Waals surface area contributed by atoms with Crippen molar-refractivity contribution in [2.24, 2.45) is 5.92 Å². The molecule has 0 aromatic heterocycles. The van der Waals surface area contributed by atoms with Gasteiger partial charge in [0.2, 0.25) is 11.8 Å². The van der Waals surface area contributed by atoms with Gasteiger partial charge in [-0.05, 0) is 50.0 Å². The number of nitrogens with one attached hydrogen (secondary N) is 2. The molecule has 2 N–H and O–H groups in total. The zero-order chi connectivity index (χ0) is 21.0. The highest BCUT2D eigenvalue weighted by Crippen LogP contribution is 2.40. The van der Waals surface area contributed by atoms with Crippen LogP contribution in [0.1, 0.15) is 38.2 Å². The molecule has 2 amide bonds. The number of nitrogens with zero attached hydrogens (tertiary/aromatic N) is 1. The summed E-state index contributed by atoms with van der Waals surface area (Å²) in [7, 11) is 0. The summed E-state index contributed by atoms with van der Waals surface area (Å²) in [6.07, 6.45) is -0.749. The van der Waals surface area contributed by atoms with Gasteiger partial charge in [0, 0.05) is 24.4 Å². The van der Waals surface area contributed by atoms with Crippen molar-refractivity contribution >= 4 is 29.3 Å². The number of piperidine rings is 1. The Hall–Kier alpha value is -1.74. The molecule has 2 atom stereocenters. The number of anilines is 1. The van der Waals surface area contributed by atoms with Crippen LogP contribution in [0, 0.1) is 5.92 Å². The van der Waals surface area contributed by atoms with Gasteiger partial charge in [0.1, 0.15) is 0 Å². The standard InChI is InChI=1S/C20H26F3N3O2S/c1-13(12-26-7-3-2-4-8-26)11-24-18(27)10-17-19(28)25-15-9-14(20(21,22)23)5-6-16(15)29-17/h5-6,9,13,17H,2-4,7-8,10-12H2,1H3,(H,24,27)(H,25,28)/t13-,17+/m0/s1. The van der Waals surface area contributed by atoms with Crippen LogP contribution in [0.4, 0.5) is 18.9 Å². The largest absolute Gasteiger partial charge is 0.416 e. The maximum absolute atomic E-state index is 12.8. The fraction of sp³-hybridized carbons (Fsp3) is 0.600. The summed E-state index contributed by atoms with van der Waals surface area (Å²) in [6.45, 7) is 5.78. The lowest BCUT2D eigenvalue weighted by atomic mass is 10.1. The van der Waals surface area contributed by atoms with E-state index >= 15 is 0 Å². The van der Waals surface area contributed by atoms with Crippen molar-refractivity contribution in [2.75, 3.05) is 31.5 Å². The zero-order valence-corrected chi connectivity index (χ0v) is 17.2. The fourth-order valence-corrected chi connectivity index (χ4v) is 4.73. The highest BCUT2D eigenvalue weighted by molar-refractivity contribution is 8.01. The molecule has 0 spiro atoms. The van der Waals surface area contributed by atoms with Gasteiger partial charge in [-0.15, -0.1) is 11.8 Å². The van der Waals surface area contributed by atoms with Crippen molar-refractivity contribution in [3.8, 4) is 0 Å². The Bertz CT molecular complexity index is 751. The highest BCUT2D eigenvalue weighted by atomic mass is 32.2. The molecule has 3 rings (SSSR count). The predicted octanol–water partition coefficient (Wildman–Crippen LogP) is 3.75. The van der Waals surface area contributed by atoms with Crippen molar-refractivity contribution in [3.63, 3.8) is 0 Å². The van der Waals surface area contributed by atoms with Crippen LogP contribution >= 0.6 is 11.8 Å². The maximum Gasteiger partial charge on any atom is 0.416 e. The first kappa shape index (κ1) is 22.0. The van der Waals surface area contributed by atoms with Crippen molar-refractivity contribution in [3.05, 3.63) is 23.8 Å². The summed E-state index contributed by atoms with van der Waals surface area (Å²) in [5, 5.41) is 4.73. The number of hydrogen-bond acceptors (Lipinski definition) is 4. The number of amides is 2. The molecule has 1 fully saturated rings. The van der Waals surface area contributed by atoms with Gasteiger partial charge in [0.25, 0.3) is 0 Å². The number of alkyl halides is 3. The fourth-order valence-electron chi connectivity index (χ4n) is 3.64. The Labute approximate surface area is 172 Å². The smallest absolute Gasteiger partial charge is 0.356 e. The molecule has 29 heavy (non-hydrogen) atoms. The number of rotatable bonds is 6. The first-order valence-corrected chi connectivity index (χ1v) is 10.8. The summed E-state index contributed by atoms with van der Waals surface area (Å²) in [6, 6.07) is 3.26. The van der Waals surface area contributed by atoms with Gasteiger partial charge < -0.3 is 15.5 Å². The van der Waals surface area contributed by atoms with Crippen LogP contribution in [-0.4, -0.2) is 48.1 Å². The van der Waals surface area contributed by atoms with Gasteiger partial charge in [-0.1, -0.05) is 13.3 Å². The van der Waals surface area contributed by atoms with Crippen LogP contribution in [0.5, 0.6) is 0 Å². The van der Waals surface area contributed by atoms with Gasteiger partial charge in [0.05, 0.1) is 16.5 Å². The van der Waals surface area contributed by atoms with E-state index in [0.717, 1.165) is 43.5 Å². The third-order valence-corrected chi connectivity index (χ3v) is 6.44. The molecule has 0 saturated carbocycles. The number of benzene rings is 1. The second kappa shape index (κ2) is 9.38. The van der Waals surface area contributed by atoms with Crippen LogP contribution in [0.2, 0.25) is 0 Å². The lowest BCUT2D eigenvalue weighted by Crippen LogP contribution is -2.39. The van der Waals surface area contributed by atoms with Crippen LogP contribution in [0.25, 0.3) is 0 Å². The molecule has 2 aliphatic heterocycles. The molecule has 2 aliphatic rings. The molecule has 0 aliphatic carbocycles. The van der Waals surface area contributed by atoms with Crippen molar-refractivity contribution < 1.29 is 22.8 Å². The Morgan fingerprint density at radius 1 is 1.31 bits per heavy atom. The number of thioether (sulfide) groups is 1. The van der Waals surface area contributed by atoms with Crippen LogP contribution in [0.15, 0.2) is 23.1 Å². The van der Waals surface area contributed by atoms with E-state index in [0.29, 0.717) is 17.4 Å². The van der Waals surface area contributed by atoms with E-state index in [1.54, 1.807) is 0 Å². The maximum atomic E-state index is 12.8. The van der Waals surface area contributed by atoms with E-state index in [4.69, 9.17) is 0 Å². The van der Waals surface area contributed by atoms with E-state index in [1.807, 2.05) is 0 Å². The van der Waals surface area contributed by atoms with Gasteiger partial charge in [-0.25, -0.2) is 0 Å². The molecule has 1 aromatic carbocycles. The lowest BCUT2D eigenvalue weighted by Gasteiger charge is -2.29. The Kier molecular flexibility index (Phi) is 7.10. The number of likely N-dealkylation sites (tertiary alicyclic amines) is 1. The van der Waals surface area contributed by atoms with E-state index < -0.39 is 22.9 Å². The zero-order valence-electron chi connectivity index (χ0n) is 16.3. The molecule has 2 heterocycles. The number of hydrogen-bond donors (Lipinski definition) is 2. The summed E-state index contributed by atoms with van der Waals surface area (Å²) < 4.78 is 38.5. The Morgan fingerprint density at radius 2 is 2.03 bits per heavy atom. The highest BCUT2D eigenvalue weighted by Gasteiger charge is 2.34.